The van der Waals surface area contributed by atoms with E-state index in [4.69, 9.17) is 26.2 Å². The van der Waals surface area contributed by atoms with Gasteiger partial charge in [0.05, 0.1) is 18.8 Å². The lowest BCUT2D eigenvalue weighted by Crippen LogP contribution is -2.47. The topological polar surface area (TPSA) is 125 Å². The van der Waals surface area contributed by atoms with Crippen LogP contribution in [0.4, 0.5) is 8.78 Å². The highest BCUT2D eigenvalue weighted by molar-refractivity contribution is 6.31. The minimum atomic E-state index is -2.52. The van der Waals surface area contributed by atoms with E-state index in [1.165, 1.54) is 7.05 Å². The second-order valence-electron chi connectivity index (χ2n) is 7.01. The van der Waals surface area contributed by atoms with Crippen LogP contribution in [-0.4, -0.2) is 72.5 Å². The Kier molecular flexibility index (Phi) is 22.3. The molecule has 1 heterocycles. The first-order valence-electron chi connectivity index (χ1n) is 12.3. The maximum Gasteiger partial charge on any atom is 0.272 e. The van der Waals surface area contributed by atoms with Crippen molar-refractivity contribution in [1.82, 2.24) is 0 Å². The number of nitrogens with two attached hydrogens (primary N) is 1. The van der Waals surface area contributed by atoms with E-state index in [0.29, 0.717) is 17.2 Å². The van der Waals surface area contributed by atoms with E-state index < -0.39 is 44.1 Å². The summed E-state index contributed by atoms with van der Waals surface area (Å²) in [5.41, 5.74) is 7.03. The van der Waals surface area contributed by atoms with Crippen molar-refractivity contribution < 1.29 is 38.7 Å². The molecule has 0 spiro atoms. The number of hydrogen-bond donors (Lipinski definition) is 5. The van der Waals surface area contributed by atoms with E-state index in [9.17, 15) is 24.1 Å². The first-order valence-corrected chi connectivity index (χ1v) is 12.7. The predicted molar refractivity (Wildman–Crippen MR) is 144 cm³/mol. The van der Waals surface area contributed by atoms with Gasteiger partial charge in [0.25, 0.3) is 6.43 Å². The molecule has 214 valence electrons. The zero-order valence-corrected chi connectivity index (χ0v) is 23.3. The second kappa shape index (κ2) is 22.2. The minimum Gasteiger partial charge on any atom is -0.488 e. The molecule has 6 N–H and O–H groups in total. The molecule has 0 aliphatic carbocycles. The summed E-state index contributed by atoms with van der Waals surface area (Å²) in [4.78, 5) is 0. The summed E-state index contributed by atoms with van der Waals surface area (Å²) in [7, 11) is 2.50. The average Bonchev–Trinajstić information content (AvgIpc) is 2.95. The Balaban J connectivity index is 0. The largest absolute Gasteiger partial charge is 0.488 e. The second-order valence-corrected chi connectivity index (χ2v) is 7.42. The molecule has 10 heteroatoms. The van der Waals surface area contributed by atoms with Gasteiger partial charge in [0.2, 0.25) is 0 Å². The van der Waals surface area contributed by atoms with E-state index in [1.807, 2.05) is 33.8 Å². The zero-order chi connectivity index (χ0) is 29.0. The summed E-state index contributed by atoms with van der Waals surface area (Å²) in [6, 6.07) is 12.2. The number of halogens is 3. The predicted octanol–water partition coefficient (Wildman–Crippen LogP) is 4.35. The molecule has 1 saturated heterocycles. The number of alkyl halides is 2. The first-order chi connectivity index (χ1) is 17.9. The van der Waals surface area contributed by atoms with Crippen LogP contribution >= 0.6 is 11.6 Å². The summed E-state index contributed by atoms with van der Waals surface area (Å²) >= 11 is 6.33. The Bertz CT molecular complexity index is 814. The van der Waals surface area contributed by atoms with Gasteiger partial charge in [-0.1, -0.05) is 63.6 Å². The average molecular weight is 552 g/mol. The van der Waals surface area contributed by atoms with Crippen LogP contribution in [-0.2, 0) is 11.2 Å². The molecule has 2 aromatic rings. The van der Waals surface area contributed by atoms with Crippen LogP contribution in [0.15, 0.2) is 42.5 Å². The summed E-state index contributed by atoms with van der Waals surface area (Å²) in [6.07, 6.45) is -5.28. The molecular formula is C27H44ClF2NO6. The Morgan fingerprint density at radius 2 is 1.59 bits per heavy atom. The van der Waals surface area contributed by atoms with E-state index >= 15 is 0 Å². The van der Waals surface area contributed by atoms with Crippen molar-refractivity contribution in [2.75, 3.05) is 27.4 Å². The molecule has 0 amide bonds. The third kappa shape index (κ3) is 13.0. The lowest BCUT2D eigenvalue weighted by Gasteiger charge is -2.36. The van der Waals surface area contributed by atoms with Crippen LogP contribution in [0.2, 0.25) is 5.02 Å². The summed E-state index contributed by atoms with van der Waals surface area (Å²) in [5.74, 6) is 0.368. The molecule has 1 aliphatic heterocycles. The SMILES string of the molecule is CC.CC.CN.CO.OCC1OC(c2ccc(Cl)c(Cc3ccc(OCC(F)F)cc3)c2)CC(O)[C@@H]1O. The smallest absolute Gasteiger partial charge is 0.272 e. The summed E-state index contributed by atoms with van der Waals surface area (Å²) in [6.45, 7) is 6.96. The van der Waals surface area contributed by atoms with E-state index in [1.54, 1.807) is 36.4 Å². The lowest BCUT2D eigenvalue weighted by atomic mass is 9.92. The molecule has 4 atom stereocenters. The highest BCUT2D eigenvalue weighted by atomic mass is 35.5. The first kappa shape index (κ1) is 37.3. The van der Waals surface area contributed by atoms with Gasteiger partial charge in [-0.15, -0.1) is 0 Å². The van der Waals surface area contributed by atoms with Crippen LogP contribution in [0.1, 0.15) is 56.9 Å². The monoisotopic (exact) mass is 551 g/mol. The molecule has 3 rings (SSSR count). The summed E-state index contributed by atoms with van der Waals surface area (Å²) < 4.78 is 35.2. The standard InChI is InChI=1S/C21H23ClF2O5.2C2H6.CH5N.CH4O/c22-16-6-3-13(18-9-17(26)21(27)19(10-25)29-18)8-14(16)7-12-1-4-15(5-2-12)28-11-20(23)24;4*1-2/h1-6,8,17-21,25-27H,7,9-11H2;2*1-2H3;2H2,1H3;2H,1H3/t17?,18?,19?,21-;;;;/m0..../s1. The van der Waals surface area contributed by atoms with Gasteiger partial charge in [-0.2, -0.15) is 0 Å². The van der Waals surface area contributed by atoms with Crippen LogP contribution in [0, 0.1) is 0 Å². The molecule has 0 radical (unpaired) electrons. The van der Waals surface area contributed by atoms with Crippen LogP contribution in [0.5, 0.6) is 5.75 Å². The third-order valence-electron chi connectivity index (χ3n) is 4.89. The number of aliphatic hydroxyl groups is 4. The van der Waals surface area contributed by atoms with Crippen molar-refractivity contribution in [3.05, 3.63) is 64.2 Å². The Morgan fingerprint density at radius 3 is 2.11 bits per heavy atom. The van der Waals surface area contributed by atoms with Crippen molar-refractivity contribution in [2.45, 2.75) is 71.4 Å². The third-order valence-corrected chi connectivity index (χ3v) is 5.25. The fourth-order valence-electron chi connectivity index (χ4n) is 3.33. The molecule has 1 aliphatic rings. The van der Waals surface area contributed by atoms with E-state index in [2.05, 4.69) is 5.73 Å². The zero-order valence-electron chi connectivity index (χ0n) is 22.6. The van der Waals surface area contributed by atoms with Gasteiger partial charge in [0.1, 0.15) is 24.6 Å². The van der Waals surface area contributed by atoms with Crippen LogP contribution in [0.25, 0.3) is 0 Å². The number of benzene rings is 2. The molecule has 0 bridgehead atoms. The van der Waals surface area contributed by atoms with E-state index in [0.717, 1.165) is 23.8 Å². The van der Waals surface area contributed by atoms with Crippen LogP contribution < -0.4 is 10.5 Å². The Morgan fingerprint density at radius 1 is 1.03 bits per heavy atom. The van der Waals surface area contributed by atoms with Crippen molar-refractivity contribution >= 4 is 11.6 Å². The van der Waals surface area contributed by atoms with Gasteiger partial charge in [-0.05, 0) is 48.4 Å². The maximum absolute atomic E-state index is 12.2. The van der Waals surface area contributed by atoms with Gasteiger partial charge in [-0.3, -0.25) is 0 Å². The van der Waals surface area contributed by atoms with Crippen molar-refractivity contribution in [3.63, 3.8) is 0 Å². The van der Waals surface area contributed by atoms with Gasteiger partial charge >= 0.3 is 0 Å². The van der Waals surface area contributed by atoms with Crippen molar-refractivity contribution in [1.29, 1.82) is 0 Å². The van der Waals surface area contributed by atoms with Crippen molar-refractivity contribution in [3.8, 4) is 5.75 Å². The van der Waals surface area contributed by atoms with E-state index in [-0.39, 0.29) is 6.42 Å². The highest BCUT2D eigenvalue weighted by Gasteiger charge is 2.37. The highest BCUT2D eigenvalue weighted by Crippen LogP contribution is 2.34. The van der Waals surface area contributed by atoms with Gasteiger partial charge in [-0.25, -0.2) is 8.78 Å². The fourth-order valence-corrected chi connectivity index (χ4v) is 3.52. The Labute approximate surface area is 224 Å². The molecular weight excluding hydrogens is 508 g/mol. The van der Waals surface area contributed by atoms with Gasteiger partial charge < -0.3 is 35.6 Å². The summed E-state index contributed by atoms with van der Waals surface area (Å²) in [5, 5.41) is 36.8. The van der Waals surface area contributed by atoms with Crippen molar-refractivity contribution in [2.24, 2.45) is 5.73 Å². The maximum atomic E-state index is 12.2. The Hall–Kier alpha value is -1.85. The molecule has 1 fully saturated rings. The quantitative estimate of drug-likeness (QED) is 0.346. The number of rotatable bonds is 7. The molecule has 0 saturated carbocycles. The number of aliphatic hydroxyl groups excluding tert-OH is 4. The molecule has 3 unspecified atom stereocenters. The van der Waals surface area contributed by atoms with Crippen LogP contribution in [0.3, 0.4) is 0 Å². The molecule has 37 heavy (non-hydrogen) atoms. The van der Waals surface area contributed by atoms with Gasteiger partial charge in [0.15, 0.2) is 0 Å². The number of ether oxygens (including phenoxy) is 2. The van der Waals surface area contributed by atoms with Gasteiger partial charge in [0, 0.05) is 18.6 Å². The molecule has 2 aromatic carbocycles. The fraction of sp³-hybridized carbons (Fsp3) is 0.556. The molecule has 7 nitrogen and oxygen atoms in total. The molecule has 0 aromatic heterocycles. The lowest BCUT2D eigenvalue weighted by molar-refractivity contribution is -0.181. The number of hydrogen-bond acceptors (Lipinski definition) is 7. The minimum absolute atomic E-state index is 0.203. The normalized spacial score (nSPS) is 20.0.